The van der Waals surface area contributed by atoms with Crippen molar-refractivity contribution in [3.8, 4) is 0 Å². The number of fused-ring (bicyclic) bond motifs is 3. The van der Waals surface area contributed by atoms with E-state index in [0.717, 1.165) is 28.6 Å². The summed E-state index contributed by atoms with van der Waals surface area (Å²) >= 11 is 2.29. The maximum absolute atomic E-state index is 13.4. The van der Waals surface area contributed by atoms with Crippen LogP contribution in [0.5, 0.6) is 0 Å². The van der Waals surface area contributed by atoms with Gasteiger partial charge in [0.2, 0.25) is 0 Å². The molecular weight excluding hydrogens is 467 g/mol. The Morgan fingerprint density at radius 2 is 2.04 bits per heavy atom. The Kier molecular flexibility index (Phi) is 5.29. The van der Waals surface area contributed by atoms with E-state index in [1.165, 1.54) is 3.57 Å². The first kappa shape index (κ1) is 19.2. The summed E-state index contributed by atoms with van der Waals surface area (Å²) in [6.45, 7) is 5.70. The Labute approximate surface area is 177 Å². The predicted octanol–water partition coefficient (Wildman–Crippen LogP) is 4.22. The fourth-order valence-corrected chi connectivity index (χ4v) is 3.90. The number of rotatable bonds is 5. The van der Waals surface area contributed by atoms with Crippen LogP contribution >= 0.6 is 22.6 Å². The number of pyridine rings is 1. The first-order chi connectivity index (χ1) is 13.5. The molecule has 1 aromatic carbocycles. The lowest BCUT2D eigenvalue weighted by molar-refractivity contribution is 0.0666. The largest absolute Gasteiger partial charge is 0.383 e. The molecule has 1 amide bonds. The smallest absolute Gasteiger partial charge is 0.270 e. The fraction of sp³-hybridized carbons (Fsp3) is 0.333. The highest BCUT2D eigenvalue weighted by molar-refractivity contribution is 14.1. The Hall–Kier alpha value is -2.13. The molecule has 7 heteroatoms. The van der Waals surface area contributed by atoms with Gasteiger partial charge in [-0.2, -0.15) is 0 Å². The number of aromatic nitrogens is 2. The molecule has 0 aliphatic carbocycles. The van der Waals surface area contributed by atoms with Crippen LogP contribution in [0.3, 0.4) is 0 Å². The second-order valence-corrected chi connectivity index (χ2v) is 8.45. The number of carbonyl (C=O) groups is 1. The van der Waals surface area contributed by atoms with Crippen LogP contribution in [0.1, 0.15) is 47.4 Å². The van der Waals surface area contributed by atoms with Crippen LogP contribution in [-0.4, -0.2) is 26.8 Å². The highest BCUT2D eigenvalue weighted by atomic mass is 127. The van der Waals surface area contributed by atoms with Gasteiger partial charge in [-0.15, -0.1) is 0 Å². The van der Waals surface area contributed by atoms with Gasteiger partial charge in [0.05, 0.1) is 24.2 Å². The van der Waals surface area contributed by atoms with Gasteiger partial charge in [0, 0.05) is 27.3 Å². The number of anilines is 1. The summed E-state index contributed by atoms with van der Waals surface area (Å²) in [6.07, 6.45) is 0.880. The average molecular weight is 490 g/mol. The highest BCUT2D eigenvalue weighted by Gasteiger charge is 2.25. The van der Waals surface area contributed by atoms with E-state index in [9.17, 15) is 4.79 Å². The number of nitrogens with one attached hydrogen (secondary N) is 1. The van der Waals surface area contributed by atoms with E-state index in [2.05, 4.69) is 70.7 Å². The van der Waals surface area contributed by atoms with Crippen LogP contribution in [0, 0.1) is 3.57 Å². The van der Waals surface area contributed by atoms with Gasteiger partial charge in [-0.1, -0.05) is 19.1 Å². The number of aromatic amines is 1. The number of halogens is 1. The van der Waals surface area contributed by atoms with Gasteiger partial charge >= 0.3 is 0 Å². The van der Waals surface area contributed by atoms with Crippen molar-refractivity contribution in [2.75, 3.05) is 5.73 Å². The summed E-state index contributed by atoms with van der Waals surface area (Å²) in [5, 5.41) is 0. The molecule has 3 N–H and O–H groups in total. The van der Waals surface area contributed by atoms with Crippen LogP contribution in [-0.2, 0) is 24.5 Å². The number of H-pyrrole nitrogens is 1. The molecule has 2 aromatic heterocycles. The fourth-order valence-electron chi connectivity index (χ4n) is 3.54. The first-order valence-electron chi connectivity index (χ1n) is 9.41. The lowest BCUT2D eigenvalue weighted by Crippen LogP contribution is -2.38. The van der Waals surface area contributed by atoms with E-state index >= 15 is 0 Å². The third-order valence-corrected chi connectivity index (χ3v) is 6.11. The minimum atomic E-state index is -0.0304. The maximum atomic E-state index is 13.4. The van der Waals surface area contributed by atoms with Crippen molar-refractivity contribution < 1.29 is 9.53 Å². The monoisotopic (exact) mass is 490 g/mol. The summed E-state index contributed by atoms with van der Waals surface area (Å²) in [5.74, 6) is 0.452. The van der Waals surface area contributed by atoms with Crippen LogP contribution in [0.2, 0.25) is 0 Å². The molecule has 0 saturated heterocycles. The first-order valence-corrected chi connectivity index (χ1v) is 10.5. The van der Waals surface area contributed by atoms with Crippen LogP contribution in [0.15, 0.2) is 30.3 Å². The summed E-state index contributed by atoms with van der Waals surface area (Å²) in [5.41, 5.74) is 11.2. The Bertz CT molecular complexity index is 1030. The molecule has 0 spiro atoms. The molecule has 6 nitrogen and oxygen atoms in total. The maximum Gasteiger partial charge on any atom is 0.270 e. The number of benzene rings is 1. The molecule has 1 aliphatic heterocycles. The third-order valence-electron chi connectivity index (χ3n) is 5.39. The van der Waals surface area contributed by atoms with Gasteiger partial charge in [0.1, 0.15) is 11.5 Å². The molecule has 3 aromatic rings. The van der Waals surface area contributed by atoms with Crippen molar-refractivity contribution in [3.05, 3.63) is 56.3 Å². The van der Waals surface area contributed by atoms with Crippen molar-refractivity contribution in [1.82, 2.24) is 14.9 Å². The zero-order chi connectivity index (χ0) is 19.8. The third kappa shape index (κ3) is 3.48. The molecule has 1 atom stereocenters. The van der Waals surface area contributed by atoms with Gasteiger partial charge in [-0.05, 0) is 59.7 Å². The molecule has 146 valence electrons. The zero-order valence-electron chi connectivity index (χ0n) is 16.0. The van der Waals surface area contributed by atoms with E-state index in [1.807, 2.05) is 4.90 Å². The summed E-state index contributed by atoms with van der Waals surface area (Å²) in [4.78, 5) is 23.0. The predicted molar refractivity (Wildman–Crippen MR) is 118 cm³/mol. The lowest BCUT2D eigenvalue weighted by atomic mass is 10.1. The van der Waals surface area contributed by atoms with Gasteiger partial charge in [0.15, 0.2) is 0 Å². The van der Waals surface area contributed by atoms with Crippen molar-refractivity contribution in [2.24, 2.45) is 0 Å². The number of ether oxygens (including phenoxy) is 1. The van der Waals surface area contributed by atoms with E-state index < -0.39 is 0 Å². The van der Waals surface area contributed by atoms with Gasteiger partial charge in [-0.3, -0.25) is 4.79 Å². The van der Waals surface area contributed by atoms with E-state index in [0.29, 0.717) is 36.8 Å². The van der Waals surface area contributed by atoms with E-state index in [-0.39, 0.29) is 11.9 Å². The topological polar surface area (TPSA) is 84.2 Å². The summed E-state index contributed by atoms with van der Waals surface area (Å²) < 4.78 is 6.71. The molecular formula is C21H23IN4O2. The number of hydrogen-bond donors (Lipinski definition) is 2. The average Bonchev–Trinajstić information content (AvgIpc) is 3.33. The molecule has 0 saturated carbocycles. The quantitative estimate of drug-likeness (QED) is 0.525. The number of nitrogen functional groups attached to an aromatic ring is 1. The standard InChI is InChI=1S/C21H23IN4O2/c1-3-12(2)26(9-13-4-6-14(22)7-5-13)21(27)18-8-17-19(24-18)15-10-28-11-16(15)20(23)25-17/h4-8,12,24H,3,9-11H2,1-2H3,(H2,23,25)/t12-/m1/s1. The van der Waals surface area contributed by atoms with Crippen LogP contribution in [0.4, 0.5) is 5.82 Å². The summed E-state index contributed by atoms with van der Waals surface area (Å²) in [6, 6.07) is 10.2. The van der Waals surface area contributed by atoms with Crippen molar-refractivity contribution >= 4 is 45.3 Å². The number of carbonyl (C=O) groups excluding carboxylic acids is 1. The lowest BCUT2D eigenvalue weighted by Gasteiger charge is -2.28. The van der Waals surface area contributed by atoms with Crippen molar-refractivity contribution in [1.29, 1.82) is 0 Å². The molecule has 0 fully saturated rings. The van der Waals surface area contributed by atoms with Crippen molar-refractivity contribution in [2.45, 2.75) is 46.1 Å². The van der Waals surface area contributed by atoms with E-state index in [4.69, 9.17) is 10.5 Å². The Balaban J connectivity index is 1.69. The second-order valence-electron chi connectivity index (χ2n) is 7.21. The van der Waals surface area contributed by atoms with Gasteiger partial charge in [-0.25, -0.2) is 4.98 Å². The number of nitrogens with two attached hydrogens (primary N) is 1. The number of hydrogen-bond acceptors (Lipinski definition) is 4. The molecule has 0 radical (unpaired) electrons. The minimum absolute atomic E-state index is 0.0304. The Morgan fingerprint density at radius 3 is 2.75 bits per heavy atom. The van der Waals surface area contributed by atoms with Gasteiger partial charge in [0.25, 0.3) is 5.91 Å². The van der Waals surface area contributed by atoms with Crippen molar-refractivity contribution in [3.63, 3.8) is 0 Å². The SMILES string of the molecule is CC[C@@H](C)N(Cc1ccc(I)cc1)C(=O)c1cc2nc(N)c3c(c2[nH]1)COC3. The molecule has 1 aliphatic rings. The zero-order valence-corrected chi connectivity index (χ0v) is 18.1. The van der Waals surface area contributed by atoms with Gasteiger partial charge < -0.3 is 20.4 Å². The normalized spacial score (nSPS) is 14.2. The van der Waals surface area contributed by atoms with E-state index in [1.54, 1.807) is 6.07 Å². The number of amides is 1. The molecule has 28 heavy (non-hydrogen) atoms. The van der Waals surface area contributed by atoms with Crippen LogP contribution in [0.25, 0.3) is 11.0 Å². The molecule has 0 unspecified atom stereocenters. The molecule has 0 bridgehead atoms. The highest BCUT2D eigenvalue weighted by Crippen LogP contribution is 2.31. The van der Waals surface area contributed by atoms with Crippen LogP contribution < -0.4 is 5.73 Å². The molecule has 4 rings (SSSR count). The summed E-state index contributed by atoms with van der Waals surface area (Å²) in [7, 11) is 0. The molecule has 3 heterocycles. The second kappa shape index (κ2) is 7.71. The Morgan fingerprint density at radius 1 is 1.32 bits per heavy atom. The number of nitrogens with zero attached hydrogens (tertiary/aromatic N) is 2. The minimum Gasteiger partial charge on any atom is -0.383 e.